The van der Waals surface area contributed by atoms with Crippen LogP contribution in [-0.2, 0) is 6.42 Å². The lowest BCUT2D eigenvalue weighted by Crippen LogP contribution is -2.29. The fraction of sp³-hybridized carbons (Fsp3) is 0.647. The highest BCUT2D eigenvalue weighted by molar-refractivity contribution is 6.32. The van der Waals surface area contributed by atoms with Gasteiger partial charge in [-0.2, -0.15) is 0 Å². The molecule has 1 fully saturated rings. The lowest BCUT2D eigenvalue weighted by Gasteiger charge is -2.34. The molecule has 0 aliphatic heterocycles. The van der Waals surface area contributed by atoms with Crippen LogP contribution in [0.1, 0.15) is 85.2 Å². The molecule has 3 nitrogen and oxygen atoms in total. The van der Waals surface area contributed by atoms with Crippen LogP contribution < -0.4 is 0 Å². The van der Waals surface area contributed by atoms with Gasteiger partial charge in [0, 0.05) is 6.42 Å². The van der Waals surface area contributed by atoms with E-state index >= 15 is 0 Å². The Labute approximate surface area is 130 Å². The van der Waals surface area contributed by atoms with Crippen LogP contribution in [0.3, 0.4) is 0 Å². The number of nitrogens with zero attached hydrogens (tertiary/aromatic N) is 1. The SMILES string of the molecule is CC1(C)Cc2nc(Cl)c(C=O)c(C3CCCC3)c2[C@@H]([OH2+])C1. The summed E-state index contributed by atoms with van der Waals surface area (Å²) < 4.78 is 0. The Balaban J connectivity index is 2.21. The molecule has 0 radical (unpaired) electrons. The molecule has 1 aromatic rings. The van der Waals surface area contributed by atoms with Crippen molar-refractivity contribution in [3.63, 3.8) is 0 Å². The van der Waals surface area contributed by atoms with Crippen LogP contribution in [0.4, 0.5) is 0 Å². The fourth-order valence-corrected chi connectivity index (χ4v) is 4.37. The molecule has 0 spiro atoms. The first-order valence-electron chi connectivity index (χ1n) is 7.81. The molecule has 114 valence electrons. The van der Waals surface area contributed by atoms with E-state index in [0.29, 0.717) is 16.6 Å². The van der Waals surface area contributed by atoms with E-state index in [-0.39, 0.29) is 11.5 Å². The summed E-state index contributed by atoms with van der Waals surface area (Å²) in [5, 5.41) is 8.89. The number of hydrogen-bond acceptors (Lipinski definition) is 2. The van der Waals surface area contributed by atoms with Gasteiger partial charge in [0.1, 0.15) is 5.15 Å². The van der Waals surface area contributed by atoms with E-state index < -0.39 is 0 Å². The zero-order valence-electron chi connectivity index (χ0n) is 12.7. The standard InChI is InChI=1S/C17H22ClNO2/c1-17(2)7-12-15(13(21)8-17)14(10-5-3-4-6-10)11(9-20)16(18)19-12/h9-10,13,21H,3-8H2,1-2H3/p+1/t13-/m0/s1. The Morgan fingerprint density at radius 1 is 1.29 bits per heavy atom. The Kier molecular flexibility index (Phi) is 3.83. The normalized spacial score (nSPS) is 24.9. The molecule has 0 amide bonds. The van der Waals surface area contributed by atoms with Crippen molar-refractivity contribution in [2.75, 3.05) is 0 Å². The molecule has 1 aromatic heterocycles. The first-order chi connectivity index (χ1) is 9.93. The first-order valence-corrected chi connectivity index (χ1v) is 8.19. The fourth-order valence-electron chi connectivity index (χ4n) is 4.12. The second-order valence-corrected chi connectivity index (χ2v) is 7.65. The van der Waals surface area contributed by atoms with E-state index in [2.05, 4.69) is 18.8 Å². The van der Waals surface area contributed by atoms with Crippen molar-refractivity contribution >= 4 is 17.9 Å². The molecule has 0 aromatic carbocycles. The van der Waals surface area contributed by atoms with Gasteiger partial charge in [0.15, 0.2) is 12.4 Å². The van der Waals surface area contributed by atoms with Crippen LogP contribution in [0, 0.1) is 5.41 Å². The molecule has 0 bridgehead atoms. The molecule has 1 atom stereocenters. The summed E-state index contributed by atoms with van der Waals surface area (Å²) in [5.41, 5.74) is 3.62. The number of aromatic nitrogens is 1. The molecular weight excluding hydrogens is 286 g/mol. The van der Waals surface area contributed by atoms with Gasteiger partial charge in [0.05, 0.1) is 16.8 Å². The smallest absolute Gasteiger partial charge is 0.182 e. The molecule has 3 rings (SSSR count). The molecule has 2 aliphatic carbocycles. The third-order valence-corrected chi connectivity index (χ3v) is 5.27. The van der Waals surface area contributed by atoms with E-state index in [4.69, 9.17) is 16.7 Å². The van der Waals surface area contributed by atoms with Gasteiger partial charge in [-0.3, -0.25) is 4.79 Å². The molecule has 2 N–H and O–H groups in total. The van der Waals surface area contributed by atoms with E-state index in [1.54, 1.807) is 0 Å². The summed E-state index contributed by atoms with van der Waals surface area (Å²) in [6.45, 7) is 4.35. The van der Waals surface area contributed by atoms with Crippen LogP contribution in [0.5, 0.6) is 0 Å². The van der Waals surface area contributed by atoms with E-state index in [9.17, 15) is 4.79 Å². The van der Waals surface area contributed by atoms with Crippen molar-refractivity contribution in [2.45, 2.75) is 64.4 Å². The Hall–Kier alpha value is -0.930. The number of hydrogen-bond donors (Lipinski definition) is 0. The number of fused-ring (bicyclic) bond motifs is 1. The molecule has 4 heteroatoms. The van der Waals surface area contributed by atoms with Crippen molar-refractivity contribution in [1.82, 2.24) is 4.98 Å². The Bertz CT molecular complexity index is 577. The zero-order chi connectivity index (χ0) is 15.2. The lowest BCUT2D eigenvalue weighted by atomic mass is 9.72. The van der Waals surface area contributed by atoms with Crippen molar-refractivity contribution in [3.8, 4) is 0 Å². The maximum absolute atomic E-state index is 11.5. The molecule has 1 heterocycles. The Morgan fingerprint density at radius 2 is 1.95 bits per heavy atom. The average molecular weight is 309 g/mol. The molecule has 0 saturated heterocycles. The average Bonchev–Trinajstić information content (AvgIpc) is 2.88. The minimum absolute atomic E-state index is 0.0748. The van der Waals surface area contributed by atoms with E-state index in [1.165, 1.54) is 12.8 Å². The van der Waals surface area contributed by atoms with Crippen molar-refractivity contribution < 1.29 is 9.90 Å². The van der Waals surface area contributed by atoms with Crippen molar-refractivity contribution in [3.05, 3.63) is 27.5 Å². The topological polar surface area (TPSA) is 52.9 Å². The van der Waals surface area contributed by atoms with Crippen molar-refractivity contribution in [1.29, 1.82) is 0 Å². The highest BCUT2D eigenvalue weighted by Gasteiger charge is 2.40. The second-order valence-electron chi connectivity index (χ2n) is 7.29. The van der Waals surface area contributed by atoms with Gasteiger partial charge >= 0.3 is 0 Å². The maximum atomic E-state index is 11.5. The summed E-state index contributed by atoms with van der Waals surface area (Å²) in [6.07, 6.45) is 6.82. The third kappa shape index (κ3) is 2.62. The van der Waals surface area contributed by atoms with Gasteiger partial charge in [0.25, 0.3) is 0 Å². The number of pyridine rings is 1. The summed E-state index contributed by atoms with van der Waals surface area (Å²) >= 11 is 6.28. The predicted octanol–water partition coefficient (Wildman–Crippen LogP) is 3.94. The molecule has 0 unspecified atom stereocenters. The summed E-state index contributed by atoms with van der Waals surface area (Å²) in [5.74, 6) is 0.383. The van der Waals surface area contributed by atoms with Crippen LogP contribution in [0.25, 0.3) is 0 Å². The van der Waals surface area contributed by atoms with Gasteiger partial charge in [-0.25, -0.2) is 4.98 Å². The van der Waals surface area contributed by atoms with Gasteiger partial charge in [-0.1, -0.05) is 38.3 Å². The molecule has 2 aliphatic rings. The summed E-state index contributed by atoms with van der Waals surface area (Å²) in [6, 6.07) is 0. The monoisotopic (exact) mass is 308 g/mol. The molecule has 1 saturated carbocycles. The zero-order valence-corrected chi connectivity index (χ0v) is 13.5. The Morgan fingerprint density at radius 3 is 2.57 bits per heavy atom. The largest absolute Gasteiger partial charge is 0.440 e. The second kappa shape index (κ2) is 5.36. The summed E-state index contributed by atoms with van der Waals surface area (Å²) in [7, 11) is 0. The van der Waals surface area contributed by atoms with Gasteiger partial charge < -0.3 is 5.11 Å². The highest BCUT2D eigenvalue weighted by atomic mass is 35.5. The minimum Gasteiger partial charge on any atom is -0.440 e. The maximum Gasteiger partial charge on any atom is 0.182 e. The minimum atomic E-state index is -0.289. The quantitative estimate of drug-likeness (QED) is 0.472. The van der Waals surface area contributed by atoms with Gasteiger partial charge in [-0.05, 0) is 36.2 Å². The number of rotatable bonds is 2. The number of aldehydes is 1. The number of carbonyl (C=O) groups is 1. The summed E-state index contributed by atoms with van der Waals surface area (Å²) in [4.78, 5) is 16.0. The van der Waals surface area contributed by atoms with Crippen LogP contribution in [-0.4, -0.2) is 16.4 Å². The molecular formula is C17H23ClNO2+. The van der Waals surface area contributed by atoms with E-state index in [1.807, 2.05) is 0 Å². The van der Waals surface area contributed by atoms with Gasteiger partial charge in [-0.15, -0.1) is 0 Å². The number of carbonyl (C=O) groups excluding carboxylic acids is 1. The third-order valence-electron chi connectivity index (χ3n) is 4.98. The van der Waals surface area contributed by atoms with Crippen LogP contribution in [0.2, 0.25) is 5.15 Å². The van der Waals surface area contributed by atoms with Crippen LogP contribution in [0.15, 0.2) is 0 Å². The van der Waals surface area contributed by atoms with E-state index in [0.717, 1.165) is 48.8 Å². The van der Waals surface area contributed by atoms with Crippen molar-refractivity contribution in [2.24, 2.45) is 5.41 Å². The number of halogens is 1. The predicted molar refractivity (Wildman–Crippen MR) is 84.3 cm³/mol. The van der Waals surface area contributed by atoms with Gasteiger partial charge in [0.2, 0.25) is 0 Å². The lowest BCUT2D eigenvalue weighted by molar-refractivity contribution is 0.0965. The highest BCUT2D eigenvalue weighted by Crippen LogP contribution is 2.47. The first kappa shape index (κ1) is 15.0. The van der Waals surface area contributed by atoms with Crippen LogP contribution >= 0.6 is 11.6 Å². The molecule has 21 heavy (non-hydrogen) atoms.